The fourth-order valence-electron chi connectivity index (χ4n) is 2.66. The lowest BCUT2D eigenvalue weighted by Crippen LogP contribution is -2.38. The Morgan fingerprint density at radius 1 is 1.36 bits per heavy atom. The highest BCUT2D eigenvalue weighted by molar-refractivity contribution is 5.70. The second-order valence-electron chi connectivity index (χ2n) is 5.71. The van der Waals surface area contributed by atoms with Crippen LogP contribution in [0.25, 0.3) is 0 Å². The second-order valence-corrected chi connectivity index (χ2v) is 5.71. The summed E-state index contributed by atoms with van der Waals surface area (Å²) in [4.78, 5) is 13.5. The molecule has 1 aliphatic rings. The molecule has 0 aromatic heterocycles. The summed E-state index contributed by atoms with van der Waals surface area (Å²) in [6.07, 6.45) is 18.1. The topological polar surface area (TPSA) is 40.5 Å². The molecule has 1 fully saturated rings. The highest BCUT2D eigenvalue weighted by Crippen LogP contribution is 2.23. The fraction of sp³-hybridized carbons (Fsp3) is 0.526. The third-order valence-corrected chi connectivity index (χ3v) is 3.94. The highest BCUT2D eigenvalue weighted by atomic mass is 16.4. The van der Waals surface area contributed by atoms with Gasteiger partial charge >= 0.3 is 5.97 Å². The molecule has 1 rings (SSSR count). The number of allylic oxidation sites excluding steroid dienone is 6. The number of carboxylic acids is 1. The van der Waals surface area contributed by atoms with Crippen molar-refractivity contribution in [1.82, 2.24) is 4.90 Å². The summed E-state index contributed by atoms with van der Waals surface area (Å²) in [5.41, 5.74) is 1.27. The van der Waals surface area contributed by atoms with Gasteiger partial charge in [0.25, 0.3) is 0 Å². The number of hydrogen-bond acceptors (Lipinski definition) is 2. The molecule has 0 amide bonds. The average molecular weight is 303 g/mol. The van der Waals surface area contributed by atoms with E-state index < -0.39 is 5.97 Å². The van der Waals surface area contributed by atoms with E-state index >= 15 is 0 Å². The van der Waals surface area contributed by atoms with Crippen molar-refractivity contribution in [2.75, 3.05) is 13.1 Å². The molecule has 0 saturated carbocycles. The molecule has 1 unspecified atom stereocenters. The summed E-state index contributed by atoms with van der Waals surface area (Å²) in [6.45, 7) is 7.45. The van der Waals surface area contributed by atoms with E-state index in [1.54, 1.807) is 6.08 Å². The Morgan fingerprint density at radius 2 is 2.18 bits per heavy atom. The van der Waals surface area contributed by atoms with Gasteiger partial charge < -0.3 is 10.0 Å². The summed E-state index contributed by atoms with van der Waals surface area (Å²) in [7, 11) is 0. The summed E-state index contributed by atoms with van der Waals surface area (Å²) in [5, 5.41) is 9.25. The lowest BCUT2D eigenvalue weighted by atomic mass is 9.97. The van der Waals surface area contributed by atoms with E-state index in [9.17, 15) is 9.90 Å². The minimum atomic E-state index is -0.665. The SMILES string of the molecule is C=CC=CC=CCC(=CCCCC)N1CCCC(C(=O)O)C1. The van der Waals surface area contributed by atoms with Crippen molar-refractivity contribution in [3.63, 3.8) is 0 Å². The molecule has 0 aliphatic carbocycles. The van der Waals surface area contributed by atoms with Crippen LogP contribution in [-0.4, -0.2) is 29.1 Å². The highest BCUT2D eigenvalue weighted by Gasteiger charge is 2.25. The van der Waals surface area contributed by atoms with Crippen LogP contribution in [0.15, 0.2) is 48.7 Å². The summed E-state index contributed by atoms with van der Waals surface area (Å²) in [5.74, 6) is -0.893. The molecule has 0 spiro atoms. The number of likely N-dealkylation sites (tertiary alicyclic amines) is 1. The van der Waals surface area contributed by atoms with Crippen LogP contribution in [0.2, 0.25) is 0 Å². The number of nitrogens with zero attached hydrogens (tertiary/aromatic N) is 1. The van der Waals surface area contributed by atoms with E-state index in [4.69, 9.17) is 0 Å². The standard InChI is InChI=1S/C19H29NO2/c1-3-5-7-8-10-14-18(13-9-6-4-2)20-15-11-12-17(16-20)19(21)22/h3,5,7-8,10,13,17H,1,4,6,9,11-12,14-16H2,2H3,(H,21,22). The van der Waals surface area contributed by atoms with Gasteiger partial charge in [0.2, 0.25) is 0 Å². The Hall–Kier alpha value is -1.77. The van der Waals surface area contributed by atoms with Gasteiger partial charge in [-0.3, -0.25) is 4.79 Å². The van der Waals surface area contributed by atoms with Gasteiger partial charge in [0.15, 0.2) is 0 Å². The molecular weight excluding hydrogens is 274 g/mol. The number of carbonyl (C=O) groups is 1. The smallest absolute Gasteiger partial charge is 0.308 e. The molecule has 1 N–H and O–H groups in total. The second kappa shape index (κ2) is 10.9. The zero-order valence-corrected chi connectivity index (χ0v) is 13.7. The largest absolute Gasteiger partial charge is 0.481 e. The predicted octanol–water partition coefficient (Wildman–Crippen LogP) is 4.55. The predicted molar refractivity (Wildman–Crippen MR) is 92.6 cm³/mol. The Labute approximate surface area is 134 Å². The summed E-state index contributed by atoms with van der Waals surface area (Å²) in [6, 6.07) is 0. The first-order chi connectivity index (χ1) is 10.7. The van der Waals surface area contributed by atoms with Crippen molar-refractivity contribution in [2.45, 2.75) is 45.4 Å². The minimum Gasteiger partial charge on any atom is -0.481 e. The van der Waals surface area contributed by atoms with E-state index in [-0.39, 0.29) is 5.92 Å². The van der Waals surface area contributed by atoms with Gasteiger partial charge in [-0.1, -0.05) is 62.8 Å². The van der Waals surface area contributed by atoms with Crippen molar-refractivity contribution in [3.05, 3.63) is 48.7 Å². The minimum absolute atomic E-state index is 0.229. The maximum atomic E-state index is 11.2. The Morgan fingerprint density at radius 3 is 2.86 bits per heavy atom. The quantitative estimate of drug-likeness (QED) is 0.502. The molecule has 1 heterocycles. The van der Waals surface area contributed by atoms with E-state index in [1.807, 2.05) is 18.2 Å². The molecular formula is C19H29NO2. The van der Waals surface area contributed by atoms with Crippen LogP contribution in [0, 0.1) is 5.92 Å². The van der Waals surface area contributed by atoms with Crippen molar-refractivity contribution < 1.29 is 9.90 Å². The molecule has 1 aliphatic heterocycles. The van der Waals surface area contributed by atoms with Crippen LogP contribution in [0.3, 0.4) is 0 Å². The first-order valence-corrected chi connectivity index (χ1v) is 8.30. The van der Waals surface area contributed by atoms with Gasteiger partial charge in [-0.05, 0) is 19.3 Å². The van der Waals surface area contributed by atoms with Crippen molar-refractivity contribution >= 4 is 5.97 Å². The molecule has 3 heteroatoms. The summed E-state index contributed by atoms with van der Waals surface area (Å²) >= 11 is 0. The zero-order chi connectivity index (χ0) is 16.2. The monoisotopic (exact) mass is 303 g/mol. The maximum absolute atomic E-state index is 11.2. The van der Waals surface area contributed by atoms with Crippen LogP contribution in [0.4, 0.5) is 0 Å². The van der Waals surface area contributed by atoms with E-state index in [0.717, 1.165) is 32.2 Å². The first-order valence-electron chi connectivity index (χ1n) is 8.30. The van der Waals surface area contributed by atoms with Crippen LogP contribution in [0.1, 0.15) is 45.4 Å². The number of rotatable bonds is 9. The van der Waals surface area contributed by atoms with E-state index in [1.165, 1.54) is 18.5 Å². The molecule has 122 valence electrons. The van der Waals surface area contributed by atoms with Crippen LogP contribution < -0.4 is 0 Å². The van der Waals surface area contributed by atoms with Crippen molar-refractivity contribution in [3.8, 4) is 0 Å². The van der Waals surface area contributed by atoms with Crippen LogP contribution in [-0.2, 0) is 4.79 Å². The van der Waals surface area contributed by atoms with Gasteiger partial charge in [0.05, 0.1) is 5.92 Å². The lowest BCUT2D eigenvalue weighted by molar-refractivity contribution is -0.143. The molecule has 22 heavy (non-hydrogen) atoms. The Balaban J connectivity index is 2.69. The Bertz CT molecular complexity index is 435. The number of unbranched alkanes of at least 4 members (excludes halogenated alkanes) is 2. The number of aliphatic carboxylic acids is 1. The van der Waals surface area contributed by atoms with E-state index in [0.29, 0.717) is 6.54 Å². The number of piperidine rings is 1. The molecule has 0 aromatic carbocycles. The van der Waals surface area contributed by atoms with Crippen molar-refractivity contribution in [2.24, 2.45) is 5.92 Å². The average Bonchev–Trinajstić information content (AvgIpc) is 2.53. The molecule has 0 radical (unpaired) electrons. The van der Waals surface area contributed by atoms with Gasteiger partial charge in [-0.15, -0.1) is 0 Å². The number of hydrogen-bond donors (Lipinski definition) is 1. The van der Waals surface area contributed by atoms with Gasteiger partial charge in [-0.25, -0.2) is 0 Å². The van der Waals surface area contributed by atoms with Gasteiger partial charge in [0, 0.05) is 25.2 Å². The molecule has 1 saturated heterocycles. The first kappa shape index (κ1) is 18.3. The summed E-state index contributed by atoms with van der Waals surface area (Å²) < 4.78 is 0. The number of carboxylic acid groups (broad SMARTS) is 1. The van der Waals surface area contributed by atoms with Gasteiger partial charge in [-0.2, -0.15) is 0 Å². The van der Waals surface area contributed by atoms with Gasteiger partial charge in [0.1, 0.15) is 0 Å². The van der Waals surface area contributed by atoms with Crippen LogP contribution >= 0.6 is 0 Å². The van der Waals surface area contributed by atoms with E-state index in [2.05, 4.69) is 30.6 Å². The lowest BCUT2D eigenvalue weighted by Gasteiger charge is -2.34. The maximum Gasteiger partial charge on any atom is 0.308 e. The molecule has 0 aromatic rings. The van der Waals surface area contributed by atoms with Crippen molar-refractivity contribution in [1.29, 1.82) is 0 Å². The molecule has 0 bridgehead atoms. The Kier molecular flexibility index (Phi) is 9.04. The molecule has 3 nitrogen and oxygen atoms in total. The third kappa shape index (κ3) is 6.79. The van der Waals surface area contributed by atoms with Crippen LogP contribution in [0.5, 0.6) is 0 Å². The fourth-order valence-corrected chi connectivity index (χ4v) is 2.66. The third-order valence-electron chi connectivity index (χ3n) is 3.94. The normalized spacial score (nSPS) is 20.0. The zero-order valence-electron chi connectivity index (χ0n) is 13.7. The molecule has 1 atom stereocenters.